The van der Waals surface area contributed by atoms with Gasteiger partial charge in [-0.05, 0) is 18.9 Å². The van der Waals surface area contributed by atoms with Crippen molar-refractivity contribution in [1.29, 1.82) is 0 Å². The first-order valence-electron chi connectivity index (χ1n) is 8.17. The molecular weight excluding hydrogens is 218 g/mol. The van der Waals surface area contributed by atoms with Gasteiger partial charge in [-0.2, -0.15) is 0 Å². The van der Waals surface area contributed by atoms with E-state index in [0.29, 0.717) is 5.92 Å². The van der Waals surface area contributed by atoms with Gasteiger partial charge in [0.05, 0.1) is 0 Å². The molecule has 18 heavy (non-hydrogen) atoms. The van der Waals surface area contributed by atoms with Crippen LogP contribution >= 0.6 is 0 Å². The van der Waals surface area contributed by atoms with Crippen LogP contribution in [0.2, 0.25) is 0 Å². The zero-order chi connectivity index (χ0) is 13.5. The Bertz CT molecular complexity index is 165. The summed E-state index contributed by atoms with van der Waals surface area (Å²) in [6.07, 6.45) is 18.8. The van der Waals surface area contributed by atoms with Gasteiger partial charge in [0.1, 0.15) is 0 Å². The minimum Gasteiger partial charge on any atom is -0.330 e. The Hall–Kier alpha value is -0.300. The lowest BCUT2D eigenvalue weighted by Crippen LogP contribution is -2.11. The molecule has 0 fully saturated rings. The van der Waals surface area contributed by atoms with Crippen LogP contribution in [0.4, 0.5) is 0 Å². The molecule has 0 saturated heterocycles. The van der Waals surface area contributed by atoms with Crippen molar-refractivity contribution < 1.29 is 0 Å². The van der Waals surface area contributed by atoms with E-state index < -0.39 is 0 Å². The minimum absolute atomic E-state index is 0.545. The van der Waals surface area contributed by atoms with Crippen LogP contribution in [0.3, 0.4) is 0 Å². The Morgan fingerprint density at radius 2 is 1.28 bits per heavy atom. The Balaban J connectivity index is 3.05. The van der Waals surface area contributed by atoms with Crippen LogP contribution in [0.15, 0.2) is 12.7 Å². The molecule has 0 aliphatic rings. The van der Waals surface area contributed by atoms with E-state index in [1.807, 2.05) is 6.08 Å². The monoisotopic (exact) mass is 253 g/mol. The van der Waals surface area contributed by atoms with Crippen molar-refractivity contribution in [2.75, 3.05) is 6.54 Å². The van der Waals surface area contributed by atoms with E-state index in [1.54, 1.807) is 0 Å². The van der Waals surface area contributed by atoms with Crippen molar-refractivity contribution in [2.24, 2.45) is 11.7 Å². The third-order valence-electron chi connectivity index (χ3n) is 3.81. The van der Waals surface area contributed by atoms with Crippen molar-refractivity contribution in [3.8, 4) is 0 Å². The number of hydrogen-bond acceptors (Lipinski definition) is 1. The molecule has 1 atom stereocenters. The molecule has 0 aromatic heterocycles. The molecule has 108 valence electrons. The van der Waals surface area contributed by atoms with Crippen LogP contribution in [0, 0.1) is 5.92 Å². The number of hydrogen-bond donors (Lipinski definition) is 1. The van der Waals surface area contributed by atoms with Gasteiger partial charge in [-0.3, -0.25) is 0 Å². The van der Waals surface area contributed by atoms with E-state index in [-0.39, 0.29) is 0 Å². The lowest BCUT2D eigenvalue weighted by Gasteiger charge is -2.08. The maximum Gasteiger partial charge on any atom is -0.00143 e. The third-order valence-corrected chi connectivity index (χ3v) is 3.81. The molecule has 0 aliphatic carbocycles. The first-order valence-corrected chi connectivity index (χ1v) is 8.17. The first kappa shape index (κ1) is 17.7. The fourth-order valence-electron chi connectivity index (χ4n) is 2.40. The average Bonchev–Trinajstić information content (AvgIpc) is 2.40. The number of unbranched alkanes of at least 4 members (excludes halogenated alkanes) is 10. The van der Waals surface area contributed by atoms with Gasteiger partial charge in [0.2, 0.25) is 0 Å². The van der Waals surface area contributed by atoms with Gasteiger partial charge in [0.15, 0.2) is 0 Å². The van der Waals surface area contributed by atoms with Gasteiger partial charge in [-0.1, -0.05) is 83.6 Å². The summed E-state index contributed by atoms with van der Waals surface area (Å²) in [5.74, 6) is 0.545. The summed E-state index contributed by atoms with van der Waals surface area (Å²) in [4.78, 5) is 0. The maximum absolute atomic E-state index is 5.64. The van der Waals surface area contributed by atoms with E-state index in [4.69, 9.17) is 5.73 Å². The van der Waals surface area contributed by atoms with Crippen LogP contribution in [0.25, 0.3) is 0 Å². The van der Waals surface area contributed by atoms with E-state index in [0.717, 1.165) is 6.54 Å². The molecule has 1 heteroatoms. The van der Waals surface area contributed by atoms with Crippen LogP contribution in [0.1, 0.15) is 84.0 Å². The molecule has 0 aromatic rings. The highest BCUT2D eigenvalue weighted by Gasteiger charge is 2.00. The van der Waals surface area contributed by atoms with Crippen molar-refractivity contribution in [2.45, 2.75) is 84.0 Å². The molecule has 0 aromatic carbocycles. The molecule has 1 nitrogen and oxygen atoms in total. The zero-order valence-corrected chi connectivity index (χ0v) is 12.6. The topological polar surface area (TPSA) is 26.0 Å². The van der Waals surface area contributed by atoms with Crippen LogP contribution in [-0.2, 0) is 0 Å². The van der Waals surface area contributed by atoms with E-state index >= 15 is 0 Å². The van der Waals surface area contributed by atoms with Crippen LogP contribution in [0.5, 0.6) is 0 Å². The second kappa shape index (κ2) is 14.8. The Kier molecular flexibility index (Phi) is 14.5. The van der Waals surface area contributed by atoms with Crippen LogP contribution < -0.4 is 5.73 Å². The molecular formula is C17H35N. The Morgan fingerprint density at radius 3 is 1.67 bits per heavy atom. The maximum atomic E-state index is 5.64. The molecule has 2 N–H and O–H groups in total. The standard InChI is InChI=1S/C17H35N/c1-3-5-6-7-8-9-10-11-12-13-14-15-17(4-2)16-18/h4,17H,2-3,5-16,18H2,1H3. The fraction of sp³-hybridized carbons (Fsp3) is 0.882. The molecule has 0 saturated carbocycles. The van der Waals surface area contributed by atoms with Crippen molar-refractivity contribution in [3.63, 3.8) is 0 Å². The van der Waals surface area contributed by atoms with Gasteiger partial charge in [0.25, 0.3) is 0 Å². The summed E-state index contributed by atoms with van der Waals surface area (Å²) in [6.45, 7) is 6.87. The predicted molar refractivity (Wildman–Crippen MR) is 83.8 cm³/mol. The molecule has 0 radical (unpaired) electrons. The van der Waals surface area contributed by atoms with Gasteiger partial charge in [0, 0.05) is 0 Å². The van der Waals surface area contributed by atoms with E-state index in [2.05, 4.69) is 13.5 Å². The highest BCUT2D eigenvalue weighted by Crippen LogP contribution is 2.14. The fourth-order valence-corrected chi connectivity index (χ4v) is 2.40. The molecule has 0 bridgehead atoms. The summed E-state index contributed by atoms with van der Waals surface area (Å²) in [7, 11) is 0. The molecule has 0 aliphatic heterocycles. The predicted octanol–water partition coefficient (Wildman–Crippen LogP) is 5.45. The minimum atomic E-state index is 0.545. The molecule has 0 amide bonds. The second-order valence-electron chi connectivity index (χ2n) is 5.56. The average molecular weight is 253 g/mol. The molecule has 0 rings (SSSR count). The van der Waals surface area contributed by atoms with Crippen molar-refractivity contribution in [3.05, 3.63) is 12.7 Å². The molecule has 0 spiro atoms. The normalized spacial score (nSPS) is 12.6. The van der Waals surface area contributed by atoms with E-state index in [9.17, 15) is 0 Å². The number of rotatable bonds is 14. The summed E-state index contributed by atoms with van der Waals surface area (Å²) < 4.78 is 0. The smallest absolute Gasteiger partial charge is 0.00143 e. The van der Waals surface area contributed by atoms with E-state index in [1.165, 1.54) is 77.0 Å². The first-order chi connectivity index (χ1) is 8.85. The quantitative estimate of drug-likeness (QED) is 0.323. The third kappa shape index (κ3) is 12.2. The van der Waals surface area contributed by atoms with Gasteiger partial charge in [-0.15, -0.1) is 6.58 Å². The highest BCUT2D eigenvalue weighted by atomic mass is 14.5. The zero-order valence-electron chi connectivity index (χ0n) is 12.6. The SMILES string of the molecule is C=CC(CN)CCCCCCCCCCCCC. The summed E-state index contributed by atoms with van der Waals surface area (Å²) >= 11 is 0. The second-order valence-corrected chi connectivity index (χ2v) is 5.56. The van der Waals surface area contributed by atoms with Gasteiger partial charge < -0.3 is 5.73 Å². The van der Waals surface area contributed by atoms with Crippen LogP contribution in [-0.4, -0.2) is 6.54 Å². The van der Waals surface area contributed by atoms with Gasteiger partial charge >= 0.3 is 0 Å². The summed E-state index contributed by atoms with van der Waals surface area (Å²) in [5, 5.41) is 0. The van der Waals surface area contributed by atoms with Crippen molar-refractivity contribution in [1.82, 2.24) is 0 Å². The summed E-state index contributed by atoms with van der Waals surface area (Å²) in [6, 6.07) is 0. The van der Waals surface area contributed by atoms with Gasteiger partial charge in [-0.25, -0.2) is 0 Å². The Labute approximate surface area is 115 Å². The highest BCUT2D eigenvalue weighted by molar-refractivity contribution is 4.79. The van der Waals surface area contributed by atoms with Crippen molar-refractivity contribution >= 4 is 0 Å². The molecule has 0 heterocycles. The lowest BCUT2D eigenvalue weighted by atomic mass is 10.00. The summed E-state index contributed by atoms with van der Waals surface area (Å²) in [5.41, 5.74) is 5.64. The lowest BCUT2D eigenvalue weighted by molar-refractivity contribution is 0.513. The Morgan fingerprint density at radius 1 is 0.833 bits per heavy atom. The number of nitrogens with two attached hydrogens (primary N) is 1. The largest absolute Gasteiger partial charge is 0.330 e. The molecule has 1 unspecified atom stereocenters.